The second kappa shape index (κ2) is 7.07. The molecule has 0 spiro atoms. The van der Waals surface area contributed by atoms with Gasteiger partial charge in [-0.05, 0) is 24.6 Å². The van der Waals surface area contributed by atoms with Gasteiger partial charge in [-0.2, -0.15) is 0 Å². The van der Waals surface area contributed by atoms with Crippen molar-refractivity contribution in [2.24, 2.45) is 0 Å². The van der Waals surface area contributed by atoms with Crippen LogP contribution < -0.4 is 5.32 Å². The van der Waals surface area contributed by atoms with Crippen molar-refractivity contribution in [1.29, 1.82) is 0 Å². The first-order valence-corrected chi connectivity index (χ1v) is 7.67. The molecule has 3 aromatic rings. The number of hydrogen-bond donors (Lipinski definition) is 2. The van der Waals surface area contributed by atoms with Crippen molar-refractivity contribution in [2.75, 3.05) is 11.9 Å². The number of anilines is 1. The van der Waals surface area contributed by atoms with Crippen molar-refractivity contribution in [2.45, 2.75) is 19.5 Å². The third-order valence-electron chi connectivity index (χ3n) is 3.72. The fourth-order valence-corrected chi connectivity index (χ4v) is 2.30. The molecule has 1 aromatic heterocycles. The number of nitrogens with zero attached hydrogens (tertiary/aromatic N) is 3. The maximum absolute atomic E-state index is 9.19. The van der Waals surface area contributed by atoms with Crippen LogP contribution >= 0.6 is 0 Å². The molecule has 0 saturated carbocycles. The Kier molecular flexibility index (Phi) is 4.68. The summed E-state index contributed by atoms with van der Waals surface area (Å²) < 4.78 is 1.68. The number of aromatic nitrogens is 3. The summed E-state index contributed by atoms with van der Waals surface area (Å²) in [6.07, 6.45) is 1.86. The van der Waals surface area contributed by atoms with Crippen LogP contribution in [0.1, 0.15) is 18.5 Å². The molecule has 3 rings (SSSR count). The first kappa shape index (κ1) is 15.2. The Bertz CT molecular complexity index is 754. The smallest absolute Gasteiger partial charge is 0.113 e. The maximum atomic E-state index is 9.19. The van der Waals surface area contributed by atoms with Gasteiger partial charge in [-0.25, -0.2) is 4.68 Å². The van der Waals surface area contributed by atoms with Crippen LogP contribution in [0.2, 0.25) is 0 Å². The summed E-state index contributed by atoms with van der Waals surface area (Å²) in [4.78, 5) is 0. The number of rotatable bonds is 6. The molecule has 1 heterocycles. The molecule has 5 heteroatoms. The lowest BCUT2D eigenvalue weighted by atomic mass is 10.1. The Labute approximate surface area is 135 Å². The quantitative estimate of drug-likeness (QED) is 0.734. The van der Waals surface area contributed by atoms with Crippen LogP contribution in [-0.4, -0.2) is 26.7 Å². The van der Waals surface area contributed by atoms with Gasteiger partial charge in [-0.1, -0.05) is 47.7 Å². The standard InChI is InChI=1S/C18H20N4O/c1-14(13-23)22-12-18(20-21-22)16-8-5-9-17(10-16)19-11-15-6-3-2-4-7-15/h2-10,12,14,19,23H,11,13H2,1H3/t14-/m0/s1. The molecule has 5 nitrogen and oxygen atoms in total. The Morgan fingerprint density at radius 1 is 1.13 bits per heavy atom. The predicted octanol–water partition coefficient (Wildman–Crippen LogP) is 3.11. The van der Waals surface area contributed by atoms with Crippen molar-refractivity contribution in [1.82, 2.24) is 15.0 Å². The van der Waals surface area contributed by atoms with Gasteiger partial charge in [0.05, 0.1) is 18.8 Å². The minimum absolute atomic E-state index is 0.0431. The van der Waals surface area contributed by atoms with E-state index in [1.165, 1.54) is 5.56 Å². The van der Waals surface area contributed by atoms with Crippen LogP contribution in [0.4, 0.5) is 5.69 Å². The van der Waals surface area contributed by atoms with E-state index in [0.29, 0.717) is 0 Å². The molecule has 2 aromatic carbocycles. The molecule has 0 amide bonds. The second-order valence-corrected chi connectivity index (χ2v) is 5.54. The largest absolute Gasteiger partial charge is 0.394 e. The van der Waals surface area contributed by atoms with Gasteiger partial charge in [0.1, 0.15) is 5.69 Å². The fourth-order valence-electron chi connectivity index (χ4n) is 2.30. The molecule has 118 valence electrons. The number of aliphatic hydroxyl groups is 1. The molecule has 1 atom stereocenters. The molecular formula is C18H20N4O. The van der Waals surface area contributed by atoms with Crippen molar-refractivity contribution in [3.8, 4) is 11.3 Å². The summed E-state index contributed by atoms with van der Waals surface area (Å²) in [6, 6.07) is 18.3. The Morgan fingerprint density at radius 2 is 1.96 bits per heavy atom. The zero-order valence-electron chi connectivity index (χ0n) is 13.1. The van der Waals surface area contributed by atoms with E-state index in [2.05, 4.69) is 33.8 Å². The number of nitrogens with one attached hydrogen (secondary N) is 1. The van der Waals surface area contributed by atoms with E-state index in [4.69, 9.17) is 0 Å². The first-order chi connectivity index (χ1) is 11.3. The average molecular weight is 308 g/mol. The third-order valence-corrected chi connectivity index (χ3v) is 3.72. The van der Waals surface area contributed by atoms with Crippen LogP contribution in [-0.2, 0) is 6.54 Å². The molecule has 0 unspecified atom stereocenters. The van der Waals surface area contributed by atoms with E-state index in [-0.39, 0.29) is 12.6 Å². The monoisotopic (exact) mass is 308 g/mol. The van der Waals surface area contributed by atoms with Crippen molar-refractivity contribution >= 4 is 5.69 Å². The van der Waals surface area contributed by atoms with E-state index < -0.39 is 0 Å². The predicted molar refractivity (Wildman–Crippen MR) is 91.0 cm³/mol. The van der Waals surface area contributed by atoms with Gasteiger partial charge < -0.3 is 10.4 Å². The van der Waals surface area contributed by atoms with Gasteiger partial charge in [0, 0.05) is 17.8 Å². The fraction of sp³-hybridized carbons (Fsp3) is 0.222. The van der Waals surface area contributed by atoms with Crippen LogP contribution in [0.3, 0.4) is 0 Å². The lowest BCUT2D eigenvalue weighted by molar-refractivity contribution is 0.228. The van der Waals surface area contributed by atoms with Gasteiger partial charge in [-0.3, -0.25) is 0 Å². The lowest BCUT2D eigenvalue weighted by Crippen LogP contribution is -2.09. The molecule has 0 fully saturated rings. The summed E-state index contributed by atoms with van der Waals surface area (Å²) in [7, 11) is 0. The molecule has 23 heavy (non-hydrogen) atoms. The Balaban J connectivity index is 1.73. The van der Waals surface area contributed by atoms with Crippen LogP contribution in [0.5, 0.6) is 0 Å². The molecule has 0 radical (unpaired) electrons. The molecular weight excluding hydrogens is 288 g/mol. The van der Waals surface area contributed by atoms with E-state index in [0.717, 1.165) is 23.5 Å². The normalized spacial score (nSPS) is 12.1. The molecule has 0 saturated heterocycles. The highest BCUT2D eigenvalue weighted by atomic mass is 16.3. The average Bonchev–Trinajstić information content (AvgIpc) is 3.11. The van der Waals surface area contributed by atoms with Gasteiger partial charge in [0.2, 0.25) is 0 Å². The number of benzene rings is 2. The van der Waals surface area contributed by atoms with Gasteiger partial charge in [0.25, 0.3) is 0 Å². The summed E-state index contributed by atoms with van der Waals surface area (Å²) >= 11 is 0. The van der Waals surface area contributed by atoms with Crippen molar-refractivity contribution in [3.63, 3.8) is 0 Å². The van der Waals surface area contributed by atoms with E-state index in [9.17, 15) is 5.11 Å². The lowest BCUT2D eigenvalue weighted by Gasteiger charge is -2.08. The maximum Gasteiger partial charge on any atom is 0.113 e. The topological polar surface area (TPSA) is 63.0 Å². The van der Waals surface area contributed by atoms with E-state index in [1.807, 2.05) is 49.5 Å². The molecule has 0 aliphatic carbocycles. The highest BCUT2D eigenvalue weighted by Gasteiger charge is 2.08. The van der Waals surface area contributed by atoms with Crippen molar-refractivity contribution < 1.29 is 5.11 Å². The van der Waals surface area contributed by atoms with Crippen LogP contribution in [0, 0.1) is 0 Å². The molecule has 0 aliphatic heterocycles. The van der Waals surface area contributed by atoms with Crippen LogP contribution in [0.15, 0.2) is 60.8 Å². The summed E-state index contributed by atoms with van der Waals surface area (Å²) in [5.41, 5.74) is 4.07. The zero-order valence-corrected chi connectivity index (χ0v) is 13.1. The third kappa shape index (κ3) is 3.76. The SMILES string of the molecule is C[C@@H](CO)n1cc(-c2cccc(NCc3ccccc3)c2)nn1. The second-order valence-electron chi connectivity index (χ2n) is 5.54. The molecule has 2 N–H and O–H groups in total. The summed E-state index contributed by atoms with van der Waals surface area (Å²) in [5, 5.41) is 20.9. The summed E-state index contributed by atoms with van der Waals surface area (Å²) in [5.74, 6) is 0. The number of aliphatic hydroxyl groups excluding tert-OH is 1. The Morgan fingerprint density at radius 3 is 2.74 bits per heavy atom. The number of hydrogen-bond acceptors (Lipinski definition) is 4. The van der Waals surface area contributed by atoms with Crippen molar-refractivity contribution in [3.05, 3.63) is 66.4 Å². The molecule has 0 aliphatic rings. The van der Waals surface area contributed by atoms with E-state index >= 15 is 0 Å². The Hall–Kier alpha value is -2.66. The van der Waals surface area contributed by atoms with Gasteiger partial charge >= 0.3 is 0 Å². The van der Waals surface area contributed by atoms with Crippen LogP contribution in [0.25, 0.3) is 11.3 Å². The first-order valence-electron chi connectivity index (χ1n) is 7.67. The minimum Gasteiger partial charge on any atom is -0.394 e. The molecule has 0 bridgehead atoms. The summed E-state index contributed by atoms with van der Waals surface area (Å²) in [6.45, 7) is 2.72. The highest BCUT2D eigenvalue weighted by molar-refractivity contribution is 5.64. The highest BCUT2D eigenvalue weighted by Crippen LogP contribution is 2.21. The van der Waals surface area contributed by atoms with E-state index in [1.54, 1.807) is 4.68 Å². The van der Waals surface area contributed by atoms with Gasteiger partial charge in [0.15, 0.2) is 0 Å². The van der Waals surface area contributed by atoms with Gasteiger partial charge in [-0.15, -0.1) is 5.10 Å². The minimum atomic E-state index is -0.0735. The zero-order chi connectivity index (χ0) is 16.1.